The number of nitrogens with one attached hydrogen (secondary N) is 1. The third kappa shape index (κ3) is 4.80. The summed E-state index contributed by atoms with van der Waals surface area (Å²) in [5, 5.41) is 2.85. The first-order valence-corrected chi connectivity index (χ1v) is 13.8. The van der Waals surface area contributed by atoms with Crippen molar-refractivity contribution in [3.05, 3.63) is 70.2 Å². The number of amides is 1. The van der Waals surface area contributed by atoms with E-state index in [1.807, 2.05) is 31.2 Å². The smallest absolute Gasteiger partial charge is 0.259 e. The predicted octanol–water partition coefficient (Wildman–Crippen LogP) is 6.47. The van der Waals surface area contributed by atoms with Crippen LogP contribution in [0.15, 0.2) is 64.0 Å². The molecule has 35 heavy (non-hydrogen) atoms. The highest BCUT2D eigenvalue weighted by Crippen LogP contribution is 2.43. The summed E-state index contributed by atoms with van der Waals surface area (Å²) >= 11 is 3.46. The first-order valence-electron chi connectivity index (χ1n) is 11.5. The molecule has 0 radical (unpaired) electrons. The third-order valence-electron chi connectivity index (χ3n) is 6.13. The van der Waals surface area contributed by atoms with Crippen molar-refractivity contribution < 1.29 is 22.7 Å². The molecule has 2 aliphatic rings. The molecule has 7 nitrogen and oxygen atoms in total. The maximum Gasteiger partial charge on any atom is 0.259 e. The number of aryl methyl sites for hydroxylation is 1. The Kier molecular flexibility index (Phi) is 6.57. The quantitative estimate of drug-likeness (QED) is 0.398. The van der Waals surface area contributed by atoms with E-state index in [0.717, 1.165) is 31.2 Å². The average Bonchev–Trinajstić information content (AvgIpc) is 3.18. The van der Waals surface area contributed by atoms with E-state index in [2.05, 4.69) is 21.2 Å². The van der Waals surface area contributed by atoms with Gasteiger partial charge in [0.25, 0.3) is 5.91 Å². The van der Waals surface area contributed by atoms with Gasteiger partial charge in [-0.3, -0.25) is 4.79 Å². The summed E-state index contributed by atoms with van der Waals surface area (Å²) in [5.41, 5.74) is 1.61. The van der Waals surface area contributed by atoms with E-state index in [9.17, 15) is 13.2 Å². The summed E-state index contributed by atoms with van der Waals surface area (Å²) in [4.78, 5) is 13.1. The lowest BCUT2D eigenvalue weighted by Crippen LogP contribution is -2.32. The average molecular weight is 557 g/mol. The maximum atomic E-state index is 13.8. The lowest BCUT2D eigenvalue weighted by atomic mass is 10.1. The summed E-state index contributed by atoms with van der Waals surface area (Å²) in [7, 11) is -3.93. The minimum atomic E-state index is -3.93. The number of carbonyl (C=O) groups is 1. The van der Waals surface area contributed by atoms with Crippen molar-refractivity contribution in [2.75, 3.05) is 18.4 Å². The molecule has 0 aromatic heterocycles. The van der Waals surface area contributed by atoms with Crippen LogP contribution in [0.2, 0.25) is 0 Å². The van der Waals surface area contributed by atoms with Gasteiger partial charge in [0.05, 0.1) is 15.7 Å². The van der Waals surface area contributed by atoms with Crippen LogP contribution in [0.25, 0.3) is 0 Å². The van der Waals surface area contributed by atoms with Crippen molar-refractivity contribution in [2.24, 2.45) is 0 Å². The Balaban J connectivity index is 1.66. The van der Waals surface area contributed by atoms with Gasteiger partial charge in [0, 0.05) is 19.2 Å². The van der Waals surface area contributed by atoms with E-state index in [-0.39, 0.29) is 22.0 Å². The van der Waals surface area contributed by atoms with Gasteiger partial charge in [0.1, 0.15) is 16.4 Å². The van der Waals surface area contributed by atoms with Gasteiger partial charge in [-0.25, -0.2) is 8.42 Å². The van der Waals surface area contributed by atoms with E-state index in [1.54, 1.807) is 18.2 Å². The highest BCUT2D eigenvalue weighted by molar-refractivity contribution is 9.10. The molecule has 1 N–H and O–H groups in total. The van der Waals surface area contributed by atoms with Crippen LogP contribution < -0.4 is 14.8 Å². The third-order valence-corrected chi connectivity index (χ3v) is 8.71. The fourth-order valence-electron chi connectivity index (χ4n) is 4.29. The minimum absolute atomic E-state index is 0.0604. The van der Waals surface area contributed by atoms with Gasteiger partial charge in [-0.2, -0.15) is 4.31 Å². The number of hydrogen-bond acceptors (Lipinski definition) is 5. The topological polar surface area (TPSA) is 84.9 Å². The Morgan fingerprint density at radius 1 is 0.943 bits per heavy atom. The Bertz CT molecular complexity index is 1400. The molecule has 0 aliphatic carbocycles. The zero-order valence-corrected chi connectivity index (χ0v) is 21.6. The fourth-order valence-corrected chi connectivity index (χ4v) is 6.29. The number of rotatable bonds is 4. The molecule has 1 amide bonds. The number of sulfonamides is 1. The van der Waals surface area contributed by atoms with Crippen molar-refractivity contribution in [3.63, 3.8) is 0 Å². The van der Waals surface area contributed by atoms with Crippen molar-refractivity contribution in [1.82, 2.24) is 4.31 Å². The lowest BCUT2D eigenvalue weighted by Gasteiger charge is -2.23. The van der Waals surface area contributed by atoms with Crippen LogP contribution in [0.5, 0.6) is 23.0 Å². The van der Waals surface area contributed by atoms with Gasteiger partial charge >= 0.3 is 0 Å². The number of fused-ring (bicyclic) bond motifs is 2. The summed E-state index contributed by atoms with van der Waals surface area (Å²) in [5.74, 6) is 0.806. The zero-order valence-electron chi connectivity index (χ0n) is 19.2. The molecule has 0 bridgehead atoms. The number of nitrogens with zero attached hydrogens (tertiary/aromatic N) is 1. The van der Waals surface area contributed by atoms with Gasteiger partial charge in [-0.05, 0) is 71.6 Å². The molecule has 2 aliphatic heterocycles. The van der Waals surface area contributed by atoms with Crippen molar-refractivity contribution in [1.29, 1.82) is 0 Å². The number of carbonyl (C=O) groups excluding carboxylic acids is 1. The number of anilines is 1. The van der Waals surface area contributed by atoms with Gasteiger partial charge in [-0.15, -0.1) is 0 Å². The highest BCUT2D eigenvalue weighted by atomic mass is 79.9. The van der Waals surface area contributed by atoms with E-state index in [0.29, 0.717) is 34.7 Å². The molecule has 1 saturated heterocycles. The number of halogens is 1. The van der Waals surface area contributed by atoms with E-state index < -0.39 is 15.9 Å². The number of para-hydroxylation sites is 1. The largest absolute Gasteiger partial charge is 0.455 e. The Morgan fingerprint density at radius 3 is 2.43 bits per heavy atom. The molecule has 0 spiro atoms. The fraction of sp³-hybridized carbons (Fsp3) is 0.269. The molecule has 3 aromatic carbocycles. The molecule has 1 fully saturated rings. The second-order valence-corrected chi connectivity index (χ2v) is 11.5. The molecular formula is C26H25BrN2O5S. The lowest BCUT2D eigenvalue weighted by molar-refractivity contribution is 0.102. The molecule has 0 saturated carbocycles. The molecule has 2 heterocycles. The van der Waals surface area contributed by atoms with Gasteiger partial charge in [0.2, 0.25) is 10.0 Å². The van der Waals surface area contributed by atoms with Gasteiger partial charge < -0.3 is 14.8 Å². The molecule has 0 atom stereocenters. The Labute approximate surface area is 213 Å². The second-order valence-electron chi connectivity index (χ2n) is 8.70. The molecule has 0 unspecified atom stereocenters. The summed E-state index contributed by atoms with van der Waals surface area (Å²) in [6, 6.07) is 15.5. The molecule has 9 heteroatoms. The van der Waals surface area contributed by atoms with Crippen LogP contribution >= 0.6 is 15.9 Å². The number of benzene rings is 3. The molecule has 182 valence electrons. The van der Waals surface area contributed by atoms with Crippen molar-refractivity contribution >= 4 is 37.5 Å². The van der Waals surface area contributed by atoms with Crippen LogP contribution in [0.4, 0.5) is 5.69 Å². The summed E-state index contributed by atoms with van der Waals surface area (Å²) in [6.07, 6.45) is 3.57. The van der Waals surface area contributed by atoms with Crippen LogP contribution in [0.3, 0.4) is 0 Å². The number of ether oxygens (including phenoxy) is 2. The van der Waals surface area contributed by atoms with E-state index >= 15 is 0 Å². The standard InChI is InChI=1S/C26H25BrN2O5S/c1-17-10-11-22-20(14-17)28-26(30)18-15-25(35(31,32)29-12-6-2-3-7-13-29)24(16-23(18)34-22)33-21-9-5-4-8-19(21)27/h4-5,8-11,14-16H,2-3,6-7,12-13H2,1H3,(H,28,30). The molecular weight excluding hydrogens is 532 g/mol. The predicted molar refractivity (Wildman–Crippen MR) is 137 cm³/mol. The van der Waals surface area contributed by atoms with Crippen LogP contribution in [0, 0.1) is 6.92 Å². The van der Waals surface area contributed by atoms with Gasteiger partial charge in [-0.1, -0.05) is 31.0 Å². The van der Waals surface area contributed by atoms with Gasteiger partial charge in [0.15, 0.2) is 11.5 Å². The molecule has 5 rings (SSSR count). The van der Waals surface area contributed by atoms with Crippen LogP contribution in [0.1, 0.15) is 41.6 Å². The summed E-state index contributed by atoms with van der Waals surface area (Å²) in [6.45, 7) is 2.78. The van der Waals surface area contributed by atoms with Crippen molar-refractivity contribution in [2.45, 2.75) is 37.5 Å². The SMILES string of the molecule is Cc1ccc2c(c1)NC(=O)c1cc(S(=O)(=O)N3CCCCCC3)c(Oc3ccccc3Br)cc1O2. The van der Waals surface area contributed by atoms with E-state index in [1.165, 1.54) is 16.4 Å². The van der Waals surface area contributed by atoms with Crippen LogP contribution in [-0.4, -0.2) is 31.7 Å². The monoisotopic (exact) mass is 556 g/mol. The van der Waals surface area contributed by atoms with Crippen LogP contribution in [-0.2, 0) is 10.0 Å². The summed E-state index contributed by atoms with van der Waals surface area (Å²) < 4.78 is 42.1. The first kappa shape index (κ1) is 23.8. The van der Waals surface area contributed by atoms with Crippen molar-refractivity contribution in [3.8, 4) is 23.0 Å². The Morgan fingerprint density at radius 2 is 1.69 bits per heavy atom. The first-order chi connectivity index (χ1) is 16.8. The molecule has 3 aromatic rings. The Hall–Kier alpha value is -2.88. The number of hydrogen-bond donors (Lipinski definition) is 1. The van der Waals surface area contributed by atoms with E-state index in [4.69, 9.17) is 9.47 Å². The highest BCUT2D eigenvalue weighted by Gasteiger charge is 2.33. The zero-order chi connectivity index (χ0) is 24.6. The second kappa shape index (κ2) is 9.64. The normalized spacial score (nSPS) is 16.2. The maximum absolute atomic E-state index is 13.8. The minimum Gasteiger partial charge on any atom is -0.455 e.